The highest BCUT2D eigenvalue weighted by Gasteiger charge is 2.34. The fraction of sp³-hybridized carbons (Fsp3) is 0.357. The van der Waals surface area contributed by atoms with Crippen LogP contribution in [0.15, 0.2) is 78.2 Å². The van der Waals surface area contributed by atoms with Crippen LogP contribution in [0.2, 0.25) is 0 Å². The quantitative estimate of drug-likeness (QED) is 0.547. The van der Waals surface area contributed by atoms with Gasteiger partial charge in [-0.15, -0.1) is 11.3 Å². The maximum absolute atomic E-state index is 13.4. The molecular formula is C28H31N3O2S. The van der Waals surface area contributed by atoms with Gasteiger partial charge in [-0.1, -0.05) is 66.7 Å². The average Bonchev–Trinajstić information content (AvgIpc) is 3.45. The normalized spacial score (nSPS) is 19.4. The number of thiophene rings is 1. The van der Waals surface area contributed by atoms with Crippen molar-refractivity contribution < 1.29 is 9.59 Å². The molecule has 176 valence electrons. The Morgan fingerprint density at radius 2 is 1.41 bits per heavy atom. The van der Waals surface area contributed by atoms with Crippen LogP contribution in [0.4, 0.5) is 0 Å². The van der Waals surface area contributed by atoms with Crippen molar-refractivity contribution in [1.29, 1.82) is 0 Å². The summed E-state index contributed by atoms with van der Waals surface area (Å²) in [6.45, 7) is 4.40. The van der Waals surface area contributed by atoms with Crippen molar-refractivity contribution in [2.45, 2.75) is 18.9 Å². The highest BCUT2D eigenvalue weighted by molar-refractivity contribution is 7.12. The Morgan fingerprint density at radius 3 is 2.00 bits per heavy atom. The lowest BCUT2D eigenvalue weighted by molar-refractivity contribution is -0.139. The SMILES string of the molecule is O=C(c1cccs1)N1CCCC(C(=O)N2CCN(C(c3ccccc3)c3ccccc3)CC2)C1. The summed E-state index contributed by atoms with van der Waals surface area (Å²) in [5.74, 6) is 0.174. The van der Waals surface area contributed by atoms with Gasteiger partial charge in [-0.05, 0) is 35.4 Å². The van der Waals surface area contributed by atoms with Gasteiger partial charge in [0.2, 0.25) is 5.91 Å². The molecule has 6 heteroatoms. The molecule has 2 aliphatic heterocycles. The second kappa shape index (κ2) is 10.5. The molecule has 2 fully saturated rings. The van der Waals surface area contributed by atoms with E-state index in [0.717, 1.165) is 50.4 Å². The van der Waals surface area contributed by atoms with Crippen LogP contribution in [0.3, 0.4) is 0 Å². The van der Waals surface area contributed by atoms with E-state index >= 15 is 0 Å². The van der Waals surface area contributed by atoms with Gasteiger partial charge in [0, 0.05) is 39.3 Å². The number of hydrogen-bond donors (Lipinski definition) is 0. The maximum Gasteiger partial charge on any atom is 0.263 e. The van der Waals surface area contributed by atoms with Gasteiger partial charge >= 0.3 is 0 Å². The molecule has 2 saturated heterocycles. The molecule has 5 nitrogen and oxygen atoms in total. The van der Waals surface area contributed by atoms with Gasteiger partial charge in [-0.25, -0.2) is 0 Å². The number of hydrogen-bond acceptors (Lipinski definition) is 4. The third-order valence-electron chi connectivity index (χ3n) is 7.01. The van der Waals surface area contributed by atoms with Crippen LogP contribution in [0.5, 0.6) is 0 Å². The molecule has 34 heavy (non-hydrogen) atoms. The van der Waals surface area contributed by atoms with Crippen LogP contribution in [0, 0.1) is 5.92 Å². The van der Waals surface area contributed by atoms with Crippen LogP contribution in [0.1, 0.15) is 39.7 Å². The van der Waals surface area contributed by atoms with Gasteiger partial charge in [0.05, 0.1) is 16.8 Å². The number of carbonyl (C=O) groups excluding carboxylic acids is 2. The van der Waals surface area contributed by atoms with Crippen LogP contribution < -0.4 is 0 Å². The summed E-state index contributed by atoms with van der Waals surface area (Å²) in [5, 5.41) is 1.93. The molecule has 1 aromatic heterocycles. The predicted molar refractivity (Wildman–Crippen MR) is 136 cm³/mol. The summed E-state index contributed by atoms with van der Waals surface area (Å²) in [4.78, 5) is 33.3. The van der Waals surface area contributed by atoms with Crippen molar-refractivity contribution in [3.8, 4) is 0 Å². The first-order chi connectivity index (χ1) is 16.7. The lowest BCUT2D eigenvalue weighted by Gasteiger charge is -2.42. The average molecular weight is 474 g/mol. The number of rotatable bonds is 5. The summed E-state index contributed by atoms with van der Waals surface area (Å²) in [6.07, 6.45) is 1.75. The first-order valence-electron chi connectivity index (χ1n) is 12.2. The lowest BCUT2D eigenvalue weighted by Crippen LogP contribution is -2.53. The van der Waals surface area contributed by atoms with Crippen molar-refractivity contribution in [2.75, 3.05) is 39.3 Å². The van der Waals surface area contributed by atoms with Gasteiger partial charge in [0.25, 0.3) is 5.91 Å². The van der Waals surface area contributed by atoms with Crippen LogP contribution in [-0.4, -0.2) is 65.8 Å². The summed E-state index contributed by atoms with van der Waals surface area (Å²) in [5.41, 5.74) is 2.56. The van der Waals surface area contributed by atoms with Gasteiger partial charge in [-0.3, -0.25) is 14.5 Å². The minimum Gasteiger partial charge on any atom is -0.340 e. The first kappa shape index (κ1) is 22.8. The Kier molecular flexibility index (Phi) is 7.07. The zero-order valence-electron chi connectivity index (χ0n) is 19.4. The second-order valence-corrected chi connectivity index (χ2v) is 10.1. The van der Waals surface area contributed by atoms with E-state index in [9.17, 15) is 9.59 Å². The third kappa shape index (κ3) is 4.93. The maximum atomic E-state index is 13.4. The summed E-state index contributed by atoms with van der Waals surface area (Å²) >= 11 is 1.47. The Bertz CT molecular complexity index is 1040. The van der Waals surface area contributed by atoms with Gasteiger partial charge in [-0.2, -0.15) is 0 Å². The van der Waals surface area contributed by atoms with Crippen molar-refractivity contribution in [1.82, 2.24) is 14.7 Å². The molecule has 2 aromatic carbocycles. The van der Waals surface area contributed by atoms with Crippen molar-refractivity contribution in [3.63, 3.8) is 0 Å². The minimum atomic E-state index is -0.0942. The fourth-order valence-electron chi connectivity index (χ4n) is 5.26. The number of nitrogens with zero attached hydrogens (tertiary/aromatic N) is 3. The van der Waals surface area contributed by atoms with E-state index in [1.165, 1.54) is 22.5 Å². The van der Waals surface area contributed by atoms with Crippen molar-refractivity contribution in [3.05, 3.63) is 94.2 Å². The standard InChI is InChI=1S/C28H31N3O2S/c32-27(24-13-7-15-31(21-24)28(33)25-14-8-20-34-25)30-18-16-29(17-19-30)26(22-9-3-1-4-10-22)23-11-5-2-6-12-23/h1-6,8-12,14,20,24,26H,7,13,15-19,21H2. The van der Waals surface area contributed by atoms with E-state index in [1.54, 1.807) is 0 Å². The molecule has 0 radical (unpaired) electrons. The summed E-state index contributed by atoms with van der Waals surface area (Å²) < 4.78 is 0. The zero-order valence-corrected chi connectivity index (χ0v) is 20.2. The Labute approximate surface area is 205 Å². The van der Waals surface area contributed by atoms with Crippen LogP contribution in [0.25, 0.3) is 0 Å². The molecule has 3 aromatic rings. The molecule has 0 aliphatic carbocycles. The number of piperidine rings is 1. The van der Waals surface area contributed by atoms with Gasteiger partial charge in [0.1, 0.15) is 0 Å². The monoisotopic (exact) mass is 473 g/mol. The van der Waals surface area contributed by atoms with E-state index in [-0.39, 0.29) is 23.8 Å². The molecule has 1 atom stereocenters. The molecule has 2 aliphatic rings. The summed E-state index contributed by atoms with van der Waals surface area (Å²) in [7, 11) is 0. The van der Waals surface area contributed by atoms with Gasteiger partial charge < -0.3 is 9.80 Å². The van der Waals surface area contributed by atoms with E-state index in [0.29, 0.717) is 6.54 Å². The highest BCUT2D eigenvalue weighted by Crippen LogP contribution is 2.30. The molecule has 0 saturated carbocycles. The molecule has 0 bridgehead atoms. The third-order valence-corrected chi connectivity index (χ3v) is 7.87. The molecule has 2 amide bonds. The largest absolute Gasteiger partial charge is 0.340 e. The van der Waals surface area contributed by atoms with E-state index in [2.05, 4.69) is 65.6 Å². The lowest BCUT2D eigenvalue weighted by atomic mass is 9.95. The topological polar surface area (TPSA) is 43.9 Å². The van der Waals surface area contributed by atoms with Gasteiger partial charge in [0.15, 0.2) is 0 Å². The smallest absolute Gasteiger partial charge is 0.263 e. The van der Waals surface area contributed by atoms with Crippen LogP contribution in [-0.2, 0) is 4.79 Å². The molecule has 3 heterocycles. The minimum absolute atomic E-state index is 0.0610. The molecule has 0 spiro atoms. The Hall–Kier alpha value is -2.96. The van der Waals surface area contributed by atoms with E-state index in [1.807, 2.05) is 27.3 Å². The Morgan fingerprint density at radius 1 is 0.765 bits per heavy atom. The fourth-order valence-corrected chi connectivity index (χ4v) is 5.95. The van der Waals surface area contributed by atoms with Crippen molar-refractivity contribution in [2.24, 2.45) is 5.92 Å². The number of amides is 2. The van der Waals surface area contributed by atoms with Crippen LogP contribution >= 0.6 is 11.3 Å². The van der Waals surface area contributed by atoms with Crippen molar-refractivity contribution >= 4 is 23.2 Å². The number of piperazine rings is 1. The zero-order chi connectivity index (χ0) is 23.3. The van der Waals surface area contributed by atoms with E-state index < -0.39 is 0 Å². The molecule has 5 rings (SSSR count). The molecule has 1 unspecified atom stereocenters. The first-order valence-corrected chi connectivity index (χ1v) is 13.0. The number of likely N-dealkylation sites (tertiary alicyclic amines) is 1. The van der Waals surface area contributed by atoms with E-state index in [4.69, 9.17) is 0 Å². The molecule has 0 N–H and O–H groups in total. The predicted octanol–water partition coefficient (Wildman–Crippen LogP) is 4.53. The number of benzene rings is 2. The highest BCUT2D eigenvalue weighted by atomic mass is 32.1. The molecular weight excluding hydrogens is 442 g/mol. The summed E-state index contributed by atoms with van der Waals surface area (Å²) in [6, 6.07) is 25.2. The Balaban J connectivity index is 1.23. The number of carbonyl (C=O) groups is 2. The second-order valence-electron chi connectivity index (χ2n) is 9.15.